The largest absolute Gasteiger partial charge is 0.537 e. The van der Waals surface area contributed by atoms with E-state index in [1.807, 2.05) is 106 Å². The average Bonchev–Trinajstić information content (AvgIpc) is 2.80. The van der Waals surface area contributed by atoms with Crippen molar-refractivity contribution in [1.29, 1.82) is 0 Å². The van der Waals surface area contributed by atoms with Gasteiger partial charge < -0.3 is 17.8 Å². The van der Waals surface area contributed by atoms with Gasteiger partial charge in [0.15, 0.2) is 7.14 Å². The Morgan fingerprint density at radius 3 is 1.33 bits per heavy atom. The molecule has 0 radical (unpaired) electrons. The van der Waals surface area contributed by atoms with Gasteiger partial charge >= 0.3 is 8.80 Å². The SMILES string of the molecule is CCO[Si](OCC)(OCC)c1ccc(P(=O)(c2ccccc2)c2ccccc2)cc1. The van der Waals surface area contributed by atoms with E-state index in [0.717, 1.165) is 21.1 Å². The fraction of sp³-hybridized carbons (Fsp3) is 0.250. The Bertz CT molecular complexity index is 901. The number of rotatable bonds is 10. The molecule has 0 atom stereocenters. The third kappa shape index (κ3) is 4.51. The number of benzene rings is 3. The van der Waals surface area contributed by atoms with Gasteiger partial charge in [0, 0.05) is 40.9 Å². The van der Waals surface area contributed by atoms with Crippen LogP contribution in [0.3, 0.4) is 0 Å². The maximum atomic E-state index is 14.5. The van der Waals surface area contributed by atoms with Crippen molar-refractivity contribution in [2.75, 3.05) is 19.8 Å². The van der Waals surface area contributed by atoms with Crippen LogP contribution in [-0.2, 0) is 17.8 Å². The molecule has 0 unspecified atom stereocenters. The molecule has 0 aromatic heterocycles. The van der Waals surface area contributed by atoms with Gasteiger partial charge in [-0.25, -0.2) is 0 Å². The Morgan fingerprint density at radius 2 is 0.967 bits per heavy atom. The van der Waals surface area contributed by atoms with Crippen LogP contribution < -0.4 is 21.1 Å². The lowest BCUT2D eigenvalue weighted by atomic mass is 10.3. The molecule has 0 heterocycles. The number of hydrogen-bond acceptors (Lipinski definition) is 4. The van der Waals surface area contributed by atoms with E-state index in [-0.39, 0.29) is 0 Å². The minimum Gasteiger partial charge on any atom is -0.370 e. The molecule has 0 amide bonds. The van der Waals surface area contributed by atoms with Gasteiger partial charge in [-0.15, -0.1) is 0 Å². The van der Waals surface area contributed by atoms with Crippen molar-refractivity contribution < 1.29 is 17.8 Å². The van der Waals surface area contributed by atoms with E-state index in [9.17, 15) is 4.57 Å². The smallest absolute Gasteiger partial charge is 0.370 e. The lowest BCUT2D eigenvalue weighted by molar-refractivity contribution is 0.0859. The first-order valence-electron chi connectivity index (χ1n) is 10.3. The molecule has 0 N–H and O–H groups in total. The van der Waals surface area contributed by atoms with E-state index in [1.54, 1.807) is 0 Å². The minimum absolute atomic E-state index is 0.500. The Kier molecular flexibility index (Phi) is 7.81. The lowest BCUT2D eigenvalue weighted by Gasteiger charge is -2.29. The van der Waals surface area contributed by atoms with Crippen LogP contribution in [0, 0.1) is 0 Å². The summed E-state index contributed by atoms with van der Waals surface area (Å²) in [4.78, 5) is 0. The van der Waals surface area contributed by atoms with Crippen molar-refractivity contribution in [2.24, 2.45) is 0 Å². The van der Waals surface area contributed by atoms with E-state index in [0.29, 0.717) is 19.8 Å². The maximum Gasteiger partial charge on any atom is 0.537 e. The van der Waals surface area contributed by atoms with Crippen LogP contribution in [0.15, 0.2) is 84.9 Å². The second-order valence-electron chi connectivity index (χ2n) is 6.68. The molecule has 0 aliphatic rings. The zero-order valence-electron chi connectivity index (χ0n) is 17.8. The second kappa shape index (κ2) is 10.3. The highest BCUT2D eigenvalue weighted by Crippen LogP contribution is 2.41. The van der Waals surface area contributed by atoms with Crippen LogP contribution in [0.2, 0.25) is 0 Å². The van der Waals surface area contributed by atoms with Gasteiger partial charge in [0.05, 0.1) is 0 Å². The predicted molar refractivity (Wildman–Crippen MR) is 126 cm³/mol. The average molecular weight is 441 g/mol. The van der Waals surface area contributed by atoms with Crippen molar-refractivity contribution in [3.8, 4) is 0 Å². The molecule has 6 heteroatoms. The van der Waals surface area contributed by atoms with Gasteiger partial charge in [-0.2, -0.15) is 0 Å². The Morgan fingerprint density at radius 1 is 0.600 bits per heavy atom. The molecule has 0 saturated heterocycles. The van der Waals surface area contributed by atoms with E-state index in [2.05, 4.69) is 0 Å². The van der Waals surface area contributed by atoms with Gasteiger partial charge in [0.25, 0.3) is 0 Å². The van der Waals surface area contributed by atoms with E-state index < -0.39 is 15.9 Å². The van der Waals surface area contributed by atoms with Crippen LogP contribution in [0.25, 0.3) is 0 Å². The summed E-state index contributed by atoms with van der Waals surface area (Å²) in [5.41, 5.74) is 0. The molecule has 0 bridgehead atoms. The molecule has 0 saturated carbocycles. The Labute approximate surface area is 180 Å². The summed E-state index contributed by atoms with van der Waals surface area (Å²) < 4.78 is 32.5. The highest BCUT2D eigenvalue weighted by Gasteiger charge is 2.43. The molecule has 3 aromatic carbocycles. The van der Waals surface area contributed by atoms with E-state index in [4.69, 9.17) is 13.3 Å². The first-order chi connectivity index (χ1) is 14.6. The van der Waals surface area contributed by atoms with Crippen LogP contribution in [0.4, 0.5) is 0 Å². The fourth-order valence-electron chi connectivity index (χ4n) is 3.54. The van der Waals surface area contributed by atoms with E-state index >= 15 is 0 Å². The highest BCUT2D eigenvalue weighted by atomic mass is 31.2. The van der Waals surface area contributed by atoms with Crippen LogP contribution in [0.5, 0.6) is 0 Å². The molecule has 0 aliphatic carbocycles. The standard InChI is InChI=1S/C24H29O4PSi/c1-4-26-30(27-5-2,28-6-3)24-19-17-23(18-20-24)29(25,21-13-9-7-10-14-21)22-15-11-8-12-16-22/h7-20H,4-6H2,1-3H3. The molecule has 0 fully saturated rings. The monoisotopic (exact) mass is 440 g/mol. The van der Waals surface area contributed by atoms with Crippen LogP contribution in [-0.4, -0.2) is 28.6 Å². The molecule has 0 aliphatic heterocycles. The quantitative estimate of drug-likeness (QED) is 0.357. The number of hydrogen-bond donors (Lipinski definition) is 0. The molecule has 158 valence electrons. The van der Waals surface area contributed by atoms with Crippen molar-refractivity contribution in [2.45, 2.75) is 20.8 Å². The molecule has 4 nitrogen and oxygen atoms in total. The molecular formula is C24H29O4PSi. The summed E-state index contributed by atoms with van der Waals surface area (Å²) >= 11 is 0. The third-order valence-electron chi connectivity index (χ3n) is 4.83. The minimum atomic E-state index is -3.00. The summed E-state index contributed by atoms with van der Waals surface area (Å²) in [5, 5.41) is 3.28. The topological polar surface area (TPSA) is 44.8 Å². The predicted octanol–water partition coefficient (Wildman–Crippen LogP) is 3.58. The van der Waals surface area contributed by atoms with Crippen molar-refractivity contribution in [1.82, 2.24) is 0 Å². The van der Waals surface area contributed by atoms with Crippen molar-refractivity contribution in [3.63, 3.8) is 0 Å². The molecule has 0 spiro atoms. The summed E-state index contributed by atoms with van der Waals surface area (Å²) in [5.74, 6) is 0. The first kappa shape index (κ1) is 22.7. The molecule has 30 heavy (non-hydrogen) atoms. The zero-order chi connectivity index (χ0) is 21.5. The molecule has 3 aromatic rings. The summed E-state index contributed by atoms with van der Waals surface area (Å²) in [6.45, 7) is 7.31. The van der Waals surface area contributed by atoms with Gasteiger partial charge in [-0.05, 0) is 20.8 Å². The summed E-state index contributed by atoms with van der Waals surface area (Å²) in [7, 11) is -6.00. The van der Waals surface area contributed by atoms with Gasteiger partial charge in [-0.3, -0.25) is 0 Å². The van der Waals surface area contributed by atoms with Crippen molar-refractivity contribution in [3.05, 3.63) is 84.9 Å². The molecule has 3 rings (SSSR count). The van der Waals surface area contributed by atoms with Crippen LogP contribution in [0.1, 0.15) is 20.8 Å². The normalized spacial score (nSPS) is 12.1. The molecular weight excluding hydrogens is 411 g/mol. The zero-order valence-corrected chi connectivity index (χ0v) is 19.7. The van der Waals surface area contributed by atoms with Gasteiger partial charge in [-0.1, -0.05) is 84.9 Å². The fourth-order valence-corrected chi connectivity index (χ4v) is 8.66. The Hall–Kier alpha value is -2.01. The van der Waals surface area contributed by atoms with Crippen molar-refractivity contribution >= 4 is 37.0 Å². The van der Waals surface area contributed by atoms with E-state index in [1.165, 1.54) is 0 Å². The van der Waals surface area contributed by atoms with Gasteiger partial charge in [0.2, 0.25) is 0 Å². The lowest BCUT2D eigenvalue weighted by Crippen LogP contribution is -2.57. The Balaban J connectivity index is 2.10. The second-order valence-corrected chi connectivity index (χ2v) is 12.0. The first-order valence-corrected chi connectivity index (χ1v) is 13.8. The van der Waals surface area contributed by atoms with Gasteiger partial charge in [0.1, 0.15) is 0 Å². The summed E-state index contributed by atoms with van der Waals surface area (Å²) in [6, 6.07) is 27.1. The third-order valence-corrected chi connectivity index (χ3v) is 10.9. The maximum absolute atomic E-state index is 14.5. The summed E-state index contributed by atoms with van der Waals surface area (Å²) in [6.07, 6.45) is 0. The highest BCUT2D eigenvalue weighted by molar-refractivity contribution is 7.85. The van der Waals surface area contributed by atoms with Crippen LogP contribution >= 0.6 is 7.14 Å².